The topological polar surface area (TPSA) is 29.3 Å². The van der Waals surface area contributed by atoms with Gasteiger partial charge in [0.1, 0.15) is 0 Å². The fraction of sp³-hybridized carbons (Fsp3) is 1.00. The van der Waals surface area contributed by atoms with Crippen LogP contribution in [0.25, 0.3) is 0 Å². The highest BCUT2D eigenvalue weighted by molar-refractivity contribution is 5.02. The van der Waals surface area contributed by atoms with Crippen molar-refractivity contribution in [2.75, 3.05) is 13.1 Å². The summed E-state index contributed by atoms with van der Waals surface area (Å²) in [5, 5.41) is 0. The van der Waals surface area contributed by atoms with Crippen molar-refractivity contribution >= 4 is 0 Å². The Bertz CT molecular complexity index is 345. The summed E-state index contributed by atoms with van der Waals surface area (Å²) in [6, 6.07) is 0.859. The maximum atomic E-state index is 6.40. The van der Waals surface area contributed by atoms with Gasteiger partial charge in [-0.2, -0.15) is 0 Å². The average molecular weight is 293 g/mol. The lowest BCUT2D eigenvalue weighted by molar-refractivity contribution is 0.0392. The second kappa shape index (κ2) is 6.20. The van der Waals surface area contributed by atoms with E-state index in [-0.39, 0.29) is 0 Å². The van der Waals surface area contributed by atoms with Crippen LogP contribution in [0.15, 0.2) is 0 Å². The molecule has 0 spiro atoms. The van der Waals surface area contributed by atoms with Crippen LogP contribution >= 0.6 is 0 Å². The van der Waals surface area contributed by atoms with E-state index in [1.807, 2.05) is 0 Å². The molecule has 3 fully saturated rings. The first kappa shape index (κ1) is 15.8. The highest BCUT2D eigenvalue weighted by atomic mass is 15.3. The molecule has 2 heteroatoms. The smallest absolute Gasteiger partial charge is 0.0335 e. The van der Waals surface area contributed by atoms with Gasteiger partial charge in [-0.05, 0) is 69.2 Å². The number of hydrogen-bond acceptors (Lipinski definition) is 2. The molecule has 21 heavy (non-hydrogen) atoms. The Kier molecular flexibility index (Phi) is 4.66. The van der Waals surface area contributed by atoms with Crippen LogP contribution in [0.1, 0.15) is 84.5 Å². The Morgan fingerprint density at radius 3 is 2.38 bits per heavy atom. The molecule has 3 aliphatic rings. The van der Waals surface area contributed by atoms with Crippen molar-refractivity contribution in [3.05, 3.63) is 0 Å². The van der Waals surface area contributed by atoms with Gasteiger partial charge in [0.2, 0.25) is 0 Å². The van der Waals surface area contributed by atoms with E-state index in [4.69, 9.17) is 5.73 Å². The molecule has 3 rings (SSSR count). The van der Waals surface area contributed by atoms with Gasteiger partial charge in [0, 0.05) is 18.1 Å². The molecule has 1 saturated heterocycles. The second-order valence-corrected chi connectivity index (χ2v) is 8.89. The molecule has 2 N–H and O–H groups in total. The van der Waals surface area contributed by atoms with E-state index in [0.717, 1.165) is 18.5 Å². The molecule has 0 aromatic rings. The normalized spacial score (nSPS) is 38.7. The zero-order chi connectivity index (χ0) is 14.9. The van der Waals surface area contributed by atoms with E-state index >= 15 is 0 Å². The van der Waals surface area contributed by atoms with E-state index in [0.29, 0.717) is 11.0 Å². The van der Waals surface area contributed by atoms with Gasteiger partial charge in [0.05, 0.1) is 0 Å². The molecule has 2 aliphatic carbocycles. The summed E-state index contributed by atoms with van der Waals surface area (Å²) in [5.74, 6) is 0.979. The van der Waals surface area contributed by atoms with Gasteiger partial charge in [-0.15, -0.1) is 0 Å². The van der Waals surface area contributed by atoms with Crippen LogP contribution in [0.5, 0.6) is 0 Å². The average Bonchev–Trinajstić information content (AvgIpc) is 3.10. The van der Waals surface area contributed by atoms with E-state index < -0.39 is 0 Å². The maximum absolute atomic E-state index is 6.40. The molecule has 1 heterocycles. The summed E-state index contributed by atoms with van der Waals surface area (Å²) in [7, 11) is 0. The molecular formula is C19H36N2. The molecule has 2 atom stereocenters. The minimum absolute atomic E-state index is 0.331. The van der Waals surface area contributed by atoms with Crippen molar-refractivity contribution in [2.24, 2.45) is 17.1 Å². The molecule has 0 bridgehead atoms. The predicted molar refractivity (Wildman–Crippen MR) is 90.3 cm³/mol. The zero-order valence-corrected chi connectivity index (χ0v) is 14.4. The van der Waals surface area contributed by atoms with Crippen molar-refractivity contribution < 1.29 is 0 Å². The maximum Gasteiger partial charge on any atom is 0.0335 e. The highest BCUT2D eigenvalue weighted by Gasteiger charge is 2.46. The minimum Gasteiger partial charge on any atom is -0.329 e. The fourth-order valence-corrected chi connectivity index (χ4v) is 5.54. The molecule has 1 aliphatic heterocycles. The summed E-state index contributed by atoms with van der Waals surface area (Å²) in [6.45, 7) is 7.11. The molecular weight excluding hydrogens is 256 g/mol. The zero-order valence-electron chi connectivity index (χ0n) is 14.4. The van der Waals surface area contributed by atoms with Crippen LogP contribution in [0.2, 0.25) is 0 Å². The quantitative estimate of drug-likeness (QED) is 0.785. The Balaban J connectivity index is 1.77. The van der Waals surface area contributed by atoms with Crippen LogP contribution in [0, 0.1) is 11.3 Å². The Morgan fingerprint density at radius 1 is 0.905 bits per heavy atom. The van der Waals surface area contributed by atoms with Crippen LogP contribution < -0.4 is 5.73 Å². The van der Waals surface area contributed by atoms with Gasteiger partial charge in [-0.3, -0.25) is 4.90 Å². The van der Waals surface area contributed by atoms with Gasteiger partial charge in [-0.25, -0.2) is 0 Å². The molecule has 2 unspecified atom stereocenters. The number of rotatable bonds is 3. The summed E-state index contributed by atoms with van der Waals surface area (Å²) >= 11 is 0. The lowest BCUT2D eigenvalue weighted by Crippen LogP contribution is -2.56. The van der Waals surface area contributed by atoms with Crippen molar-refractivity contribution in [1.82, 2.24) is 4.90 Å². The third-order valence-electron chi connectivity index (χ3n) is 7.00. The van der Waals surface area contributed by atoms with Crippen molar-refractivity contribution in [3.63, 3.8) is 0 Å². The Hall–Kier alpha value is -0.0800. The van der Waals surface area contributed by atoms with E-state index in [1.54, 1.807) is 0 Å². The summed E-state index contributed by atoms with van der Waals surface area (Å²) in [5.41, 5.74) is 7.25. The predicted octanol–water partition coefficient (Wildman–Crippen LogP) is 4.33. The molecule has 0 radical (unpaired) electrons. The van der Waals surface area contributed by atoms with Gasteiger partial charge >= 0.3 is 0 Å². The SMILES string of the molecule is CC1(C)CCCC(CN)(N2CCCC2C2CCCC2)CC1. The lowest BCUT2D eigenvalue weighted by atomic mass is 9.82. The first-order valence-electron chi connectivity index (χ1n) is 9.53. The number of likely N-dealkylation sites (tertiary alicyclic amines) is 1. The third kappa shape index (κ3) is 3.17. The Labute approximate surface area is 131 Å². The van der Waals surface area contributed by atoms with Crippen molar-refractivity contribution in [3.8, 4) is 0 Å². The molecule has 2 saturated carbocycles. The van der Waals surface area contributed by atoms with E-state index in [2.05, 4.69) is 18.7 Å². The second-order valence-electron chi connectivity index (χ2n) is 8.89. The number of nitrogens with zero attached hydrogens (tertiary/aromatic N) is 1. The van der Waals surface area contributed by atoms with Gasteiger partial charge in [0.25, 0.3) is 0 Å². The fourth-order valence-electron chi connectivity index (χ4n) is 5.54. The largest absolute Gasteiger partial charge is 0.329 e. The highest BCUT2D eigenvalue weighted by Crippen LogP contribution is 2.45. The molecule has 2 nitrogen and oxygen atoms in total. The summed E-state index contributed by atoms with van der Waals surface area (Å²) in [6.07, 6.45) is 15.5. The monoisotopic (exact) mass is 292 g/mol. The van der Waals surface area contributed by atoms with Crippen LogP contribution in [0.3, 0.4) is 0 Å². The number of hydrogen-bond donors (Lipinski definition) is 1. The molecule has 122 valence electrons. The third-order valence-corrected chi connectivity index (χ3v) is 7.00. The van der Waals surface area contributed by atoms with Crippen molar-refractivity contribution in [1.29, 1.82) is 0 Å². The van der Waals surface area contributed by atoms with Crippen LogP contribution in [-0.4, -0.2) is 29.6 Å². The first-order valence-corrected chi connectivity index (χ1v) is 9.53. The van der Waals surface area contributed by atoms with Crippen LogP contribution in [-0.2, 0) is 0 Å². The lowest BCUT2D eigenvalue weighted by Gasteiger charge is -2.46. The Morgan fingerprint density at radius 2 is 1.67 bits per heavy atom. The van der Waals surface area contributed by atoms with Crippen LogP contribution in [0.4, 0.5) is 0 Å². The number of nitrogens with two attached hydrogens (primary N) is 1. The van der Waals surface area contributed by atoms with Gasteiger partial charge in [0.15, 0.2) is 0 Å². The molecule has 0 amide bonds. The standard InChI is InChI=1S/C19H36N2/c1-18(2)10-6-11-19(15-20,13-12-18)21-14-5-9-17(21)16-7-3-4-8-16/h16-17H,3-15,20H2,1-2H3. The summed E-state index contributed by atoms with van der Waals surface area (Å²) in [4.78, 5) is 2.92. The van der Waals surface area contributed by atoms with Gasteiger partial charge < -0.3 is 5.73 Å². The van der Waals surface area contributed by atoms with Gasteiger partial charge in [-0.1, -0.05) is 33.1 Å². The first-order chi connectivity index (χ1) is 10.1. The van der Waals surface area contributed by atoms with Crippen molar-refractivity contribution in [2.45, 2.75) is 96.1 Å². The molecule has 0 aromatic carbocycles. The van der Waals surface area contributed by atoms with E-state index in [1.165, 1.54) is 77.2 Å². The minimum atomic E-state index is 0.331. The molecule has 0 aromatic heterocycles. The van der Waals surface area contributed by atoms with E-state index in [9.17, 15) is 0 Å². The summed E-state index contributed by atoms with van der Waals surface area (Å²) < 4.78 is 0.